The first kappa shape index (κ1) is 100. The molecule has 0 heterocycles. The van der Waals surface area contributed by atoms with Gasteiger partial charge in [0.1, 0.15) is 19.3 Å². The highest BCUT2D eigenvalue weighted by molar-refractivity contribution is 7.47. The van der Waals surface area contributed by atoms with E-state index in [1.807, 2.05) is 0 Å². The molecule has 0 fully saturated rings. The van der Waals surface area contributed by atoms with Crippen molar-refractivity contribution in [2.24, 2.45) is 11.8 Å². The maximum Gasteiger partial charge on any atom is 0.472 e. The summed E-state index contributed by atoms with van der Waals surface area (Å²) < 4.78 is 68.8. The Hall–Kier alpha value is -1.94. The number of carbonyl (C=O) groups is 4. The van der Waals surface area contributed by atoms with Crippen LogP contribution in [0.5, 0.6) is 0 Å². The standard InChI is InChI=1S/C83H162O17P2/c1-7-9-11-13-15-17-19-21-23-25-26-27-29-31-36-42-49-55-61-67-82(87)99-78(71-93-80(85)65-59-53-47-41-35-30-28-24-22-20-18-16-14-12-10-8-2)73-97-101(89,90)95-69-77(84)70-96-102(91,92)98-74-79(72-94-81(86)66-60-54-48-44-38-40-46-52-58-64-76(5)6)100-83(88)68-62-56-50-43-37-33-32-34-39-45-51-57-63-75(3)4/h75-79,84H,7-74H2,1-6H3,(H,89,90)(H,91,92)/t77-,78-,79-/m1/s1. The fraction of sp³-hybridized carbons (Fsp3) is 0.952. The lowest BCUT2D eigenvalue weighted by Gasteiger charge is -2.21. The molecule has 0 rings (SSSR count). The second kappa shape index (κ2) is 74.5. The van der Waals surface area contributed by atoms with E-state index in [2.05, 4.69) is 41.5 Å². The third kappa shape index (κ3) is 76.3. The summed E-state index contributed by atoms with van der Waals surface area (Å²) in [5, 5.41) is 10.7. The zero-order chi connectivity index (χ0) is 74.9. The van der Waals surface area contributed by atoms with Gasteiger partial charge in [-0.3, -0.25) is 37.3 Å². The molecule has 0 aromatic carbocycles. The topological polar surface area (TPSA) is 237 Å². The maximum atomic E-state index is 13.1. The van der Waals surface area contributed by atoms with Gasteiger partial charge in [-0.1, -0.05) is 388 Å². The van der Waals surface area contributed by atoms with Crippen molar-refractivity contribution in [3.8, 4) is 0 Å². The van der Waals surface area contributed by atoms with Gasteiger partial charge in [0, 0.05) is 25.7 Å². The van der Waals surface area contributed by atoms with Gasteiger partial charge >= 0.3 is 39.5 Å². The number of rotatable bonds is 82. The number of hydrogen-bond donors (Lipinski definition) is 3. The summed E-state index contributed by atoms with van der Waals surface area (Å²) >= 11 is 0. The van der Waals surface area contributed by atoms with Crippen LogP contribution in [0.1, 0.15) is 440 Å². The Balaban J connectivity index is 5.26. The molecular weight excluding hydrogens is 1330 g/mol. The normalized spacial score (nSPS) is 13.9. The lowest BCUT2D eigenvalue weighted by atomic mass is 10.0. The van der Waals surface area contributed by atoms with Crippen LogP contribution in [-0.4, -0.2) is 96.7 Å². The van der Waals surface area contributed by atoms with E-state index in [0.717, 1.165) is 102 Å². The molecule has 3 N–H and O–H groups in total. The second-order valence-corrected chi connectivity index (χ2v) is 33.7. The van der Waals surface area contributed by atoms with E-state index in [1.165, 1.54) is 257 Å². The Morgan fingerprint density at radius 1 is 0.265 bits per heavy atom. The van der Waals surface area contributed by atoms with Gasteiger partial charge in [-0.25, -0.2) is 9.13 Å². The van der Waals surface area contributed by atoms with Crippen molar-refractivity contribution in [3.05, 3.63) is 0 Å². The summed E-state index contributed by atoms with van der Waals surface area (Å²) in [7, 11) is -9.92. The predicted octanol–water partition coefficient (Wildman–Crippen LogP) is 25.1. The van der Waals surface area contributed by atoms with Gasteiger partial charge in [0.05, 0.1) is 26.4 Å². The van der Waals surface area contributed by atoms with Crippen LogP contribution in [0.25, 0.3) is 0 Å². The van der Waals surface area contributed by atoms with Crippen molar-refractivity contribution < 1.29 is 80.2 Å². The van der Waals surface area contributed by atoms with Crippen LogP contribution in [0.4, 0.5) is 0 Å². The SMILES string of the molecule is CCCCCCCCCCCCCCCCCCCCCC(=O)O[C@H](COC(=O)CCCCCCCCCCCCCCCCCC)COP(=O)(O)OC[C@@H](O)COP(=O)(O)OC[C@@H](COC(=O)CCCCCCCCCCCC(C)C)OC(=O)CCCCCCCCCCCCCCC(C)C. The first-order valence-corrected chi connectivity index (χ1v) is 46.0. The Bertz CT molecular complexity index is 1960. The molecule has 0 aromatic rings. The minimum Gasteiger partial charge on any atom is -0.462 e. The number of aliphatic hydroxyl groups excluding tert-OH is 1. The Morgan fingerprint density at radius 2 is 0.451 bits per heavy atom. The summed E-state index contributed by atoms with van der Waals surface area (Å²) in [5.74, 6) is -0.584. The van der Waals surface area contributed by atoms with Crippen molar-refractivity contribution in [1.29, 1.82) is 0 Å². The highest BCUT2D eigenvalue weighted by Crippen LogP contribution is 2.45. The van der Waals surface area contributed by atoms with Crippen LogP contribution >= 0.6 is 15.6 Å². The molecule has 0 saturated heterocycles. The number of carbonyl (C=O) groups excluding carboxylic acids is 4. The summed E-state index contributed by atoms with van der Waals surface area (Å²) in [6, 6.07) is 0. The van der Waals surface area contributed by atoms with Crippen molar-refractivity contribution in [1.82, 2.24) is 0 Å². The molecule has 0 aliphatic rings. The highest BCUT2D eigenvalue weighted by Gasteiger charge is 2.30. The van der Waals surface area contributed by atoms with Gasteiger partial charge < -0.3 is 33.8 Å². The van der Waals surface area contributed by atoms with Crippen LogP contribution in [-0.2, 0) is 65.4 Å². The van der Waals surface area contributed by atoms with E-state index < -0.39 is 97.5 Å². The Labute approximate surface area is 626 Å². The number of aliphatic hydroxyl groups is 1. The zero-order valence-corrected chi connectivity index (χ0v) is 68.7. The third-order valence-corrected chi connectivity index (χ3v) is 21.4. The number of phosphoric ester groups is 2. The van der Waals surface area contributed by atoms with Crippen LogP contribution in [0.2, 0.25) is 0 Å². The van der Waals surface area contributed by atoms with Crippen molar-refractivity contribution in [2.45, 2.75) is 458 Å². The molecule has 17 nitrogen and oxygen atoms in total. The molecule has 606 valence electrons. The number of hydrogen-bond acceptors (Lipinski definition) is 15. The number of ether oxygens (including phenoxy) is 4. The van der Waals surface area contributed by atoms with Crippen molar-refractivity contribution in [3.63, 3.8) is 0 Å². The smallest absolute Gasteiger partial charge is 0.462 e. The molecule has 5 atom stereocenters. The van der Waals surface area contributed by atoms with Crippen molar-refractivity contribution in [2.75, 3.05) is 39.6 Å². The lowest BCUT2D eigenvalue weighted by Crippen LogP contribution is -2.30. The highest BCUT2D eigenvalue weighted by atomic mass is 31.2. The Kier molecular flexibility index (Phi) is 73.1. The molecule has 0 aliphatic heterocycles. The summed E-state index contributed by atoms with van der Waals surface area (Å²) in [6.07, 6.45) is 65.2. The number of esters is 4. The van der Waals surface area contributed by atoms with Crippen LogP contribution < -0.4 is 0 Å². The monoisotopic (exact) mass is 1490 g/mol. The number of unbranched alkanes of at least 4 members (excludes halogenated alkanes) is 52. The molecule has 0 aliphatic carbocycles. The van der Waals surface area contributed by atoms with Gasteiger partial charge in [-0.05, 0) is 37.5 Å². The summed E-state index contributed by atoms with van der Waals surface area (Å²) in [5.41, 5.74) is 0. The average Bonchev–Trinajstić information content (AvgIpc) is 1.11. The molecule has 0 spiro atoms. The molecule has 0 bridgehead atoms. The fourth-order valence-corrected chi connectivity index (χ4v) is 14.5. The van der Waals surface area contributed by atoms with Gasteiger partial charge in [0.2, 0.25) is 0 Å². The zero-order valence-electron chi connectivity index (χ0n) is 66.9. The van der Waals surface area contributed by atoms with Gasteiger partial charge in [-0.15, -0.1) is 0 Å². The maximum absolute atomic E-state index is 13.1. The third-order valence-electron chi connectivity index (χ3n) is 19.5. The van der Waals surface area contributed by atoms with Gasteiger partial charge in [0.15, 0.2) is 12.2 Å². The van der Waals surface area contributed by atoms with Crippen LogP contribution in [0.15, 0.2) is 0 Å². The summed E-state index contributed by atoms with van der Waals surface area (Å²) in [6.45, 7) is 9.65. The minimum absolute atomic E-state index is 0.107. The van der Waals surface area contributed by atoms with Crippen LogP contribution in [0, 0.1) is 11.8 Å². The van der Waals surface area contributed by atoms with Crippen molar-refractivity contribution >= 4 is 39.5 Å². The summed E-state index contributed by atoms with van der Waals surface area (Å²) in [4.78, 5) is 73.1. The first-order valence-electron chi connectivity index (χ1n) is 43.0. The van der Waals surface area contributed by atoms with E-state index in [9.17, 15) is 43.2 Å². The molecule has 2 unspecified atom stereocenters. The Morgan fingerprint density at radius 3 is 0.667 bits per heavy atom. The van der Waals surface area contributed by atoms with E-state index in [0.29, 0.717) is 25.7 Å². The van der Waals surface area contributed by atoms with Crippen LogP contribution in [0.3, 0.4) is 0 Å². The molecule has 0 saturated carbocycles. The molecule has 0 radical (unpaired) electrons. The predicted molar refractivity (Wildman–Crippen MR) is 418 cm³/mol. The van der Waals surface area contributed by atoms with E-state index in [4.69, 9.17) is 37.0 Å². The largest absolute Gasteiger partial charge is 0.472 e. The lowest BCUT2D eigenvalue weighted by molar-refractivity contribution is -0.161. The number of phosphoric acid groups is 2. The van der Waals surface area contributed by atoms with E-state index >= 15 is 0 Å². The molecular formula is C83H162O17P2. The van der Waals surface area contributed by atoms with Gasteiger partial charge in [-0.2, -0.15) is 0 Å². The second-order valence-electron chi connectivity index (χ2n) is 30.8. The average molecular weight is 1490 g/mol. The van der Waals surface area contributed by atoms with E-state index in [-0.39, 0.29) is 25.7 Å². The quantitative estimate of drug-likeness (QED) is 0.0222. The minimum atomic E-state index is -4.96. The fourth-order valence-electron chi connectivity index (χ4n) is 12.9. The molecule has 0 amide bonds. The van der Waals surface area contributed by atoms with E-state index in [1.54, 1.807) is 0 Å². The van der Waals surface area contributed by atoms with Gasteiger partial charge in [0.25, 0.3) is 0 Å². The molecule has 0 aromatic heterocycles. The molecule has 102 heavy (non-hydrogen) atoms. The first-order chi connectivity index (χ1) is 49.4. The molecule has 19 heteroatoms.